The number of rotatable bonds is 7. The van der Waals surface area contributed by atoms with E-state index < -0.39 is 6.17 Å². The molecular formula is C19H19FN2O3S. The highest BCUT2D eigenvalue weighted by Gasteiger charge is 2.13. The lowest BCUT2D eigenvalue weighted by Crippen LogP contribution is -2.07. The summed E-state index contributed by atoms with van der Waals surface area (Å²) in [7, 11) is 0. The zero-order valence-corrected chi connectivity index (χ0v) is 15.1. The first-order valence-electron chi connectivity index (χ1n) is 8.26. The molecule has 0 aliphatic carbocycles. The van der Waals surface area contributed by atoms with Gasteiger partial charge in [-0.15, -0.1) is 0 Å². The fourth-order valence-electron chi connectivity index (χ4n) is 2.45. The molecule has 26 heavy (non-hydrogen) atoms. The third-order valence-corrected chi connectivity index (χ3v) is 4.83. The van der Waals surface area contributed by atoms with E-state index in [0.717, 1.165) is 28.9 Å². The minimum absolute atomic E-state index is 0.0952. The van der Waals surface area contributed by atoms with Crippen LogP contribution < -0.4 is 9.61 Å². The SMILES string of the molecule is CCc1ccc(C(F)COc2ccc(Cc3sc(=O)[nH]c3O)cc2)nc1. The lowest BCUT2D eigenvalue weighted by molar-refractivity contribution is 0.194. The van der Waals surface area contributed by atoms with Gasteiger partial charge >= 0.3 is 4.87 Å². The van der Waals surface area contributed by atoms with Crippen molar-refractivity contribution in [2.75, 3.05) is 6.61 Å². The fourth-order valence-corrected chi connectivity index (χ4v) is 3.20. The number of hydrogen-bond donors (Lipinski definition) is 2. The van der Waals surface area contributed by atoms with Crippen molar-refractivity contribution in [1.29, 1.82) is 0 Å². The van der Waals surface area contributed by atoms with E-state index in [9.17, 15) is 14.3 Å². The summed E-state index contributed by atoms with van der Waals surface area (Å²) >= 11 is 0.979. The molecule has 0 saturated carbocycles. The molecule has 7 heteroatoms. The van der Waals surface area contributed by atoms with Crippen LogP contribution in [0.1, 0.15) is 34.8 Å². The van der Waals surface area contributed by atoms with E-state index in [1.807, 2.05) is 25.1 Å². The molecule has 2 heterocycles. The maximum absolute atomic E-state index is 14.2. The summed E-state index contributed by atoms with van der Waals surface area (Å²) < 4.78 is 19.7. The molecule has 0 radical (unpaired) electrons. The number of H-pyrrole nitrogens is 1. The number of aromatic amines is 1. The van der Waals surface area contributed by atoms with Gasteiger partial charge < -0.3 is 9.84 Å². The number of nitrogens with zero attached hydrogens (tertiary/aromatic N) is 1. The number of aromatic hydroxyl groups is 1. The quantitative estimate of drug-likeness (QED) is 0.660. The molecule has 1 aromatic carbocycles. The molecule has 2 N–H and O–H groups in total. The molecule has 0 spiro atoms. The molecule has 5 nitrogen and oxygen atoms in total. The molecule has 0 aliphatic heterocycles. The van der Waals surface area contributed by atoms with Gasteiger partial charge in [0.25, 0.3) is 0 Å². The van der Waals surface area contributed by atoms with Gasteiger partial charge in [-0.1, -0.05) is 36.5 Å². The normalized spacial score (nSPS) is 12.1. The average Bonchev–Trinajstić information content (AvgIpc) is 2.98. The number of thiazole rings is 1. The predicted molar refractivity (Wildman–Crippen MR) is 98.8 cm³/mol. The molecule has 0 aliphatic rings. The third kappa shape index (κ3) is 4.49. The van der Waals surface area contributed by atoms with E-state index in [0.29, 0.717) is 22.7 Å². The Morgan fingerprint density at radius 1 is 1.23 bits per heavy atom. The Hall–Kier alpha value is -2.67. The van der Waals surface area contributed by atoms with Gasteiger partial charge in [0, 0.05) is 12.6 Å². The number of aromatic nitrogens is 2. The highest BCUT2D eigenvalue weighted by atomic mass is 32.1. The first-order valence-corrected chi connectivity index (χ1v) is 9.08. The molecule has 1 unspecified atom stereocenters. The average molecular weight is 374 g/mol. The number of ether oxygens (including phenoxy) is 1. The van der Waals surface area contributed by atoms with Crippen LogP contribution in [0.4, 0.5) is 4.39 Å². The molecule has 2 aromatic heterocycles. The highest BCUT2D eigenvalue weighted by Crippen LogP contribution is 2.23. The zero-order valence-electron chi connectivity index (χ0n) is 14.2. The number of halogens is 1. The van der Waals surface area contributed by atoms with Crippen molar-refractivity contribution in [3.05, 3.63) is 74.0 Å². The molecule has 0 fully saturated rings. The minimum atomic E-state index is -1.30. The lowest BCUT2D eigenvalue weighted by atomic mass is 10.1. The first-order chi connectivity index (χ1) is 12.5. The van der Waals surface area contributed by atoms with Crippen molar-refractivity contribution in [3.8, 4) is 11.6 Å². The van der Waals surface area contributed by atoms with Crippen molar-refractivity contribution in [3.63, 3.8) is 0 Å². The molecule has 3 aromatic rings. The van der Waals surface area contributed by atoms with E-state index >= 15 is 0 Å². The van der Waals surface area contributed by atoms with Crippen molar-refractivity contribution in [1.82, 2.24) is 9.97 Å². The van der Waals surface area contributed by atoms with Crippen LogP contribution in [-0.2, 0) is 12.8 Å². The molecule has 0 amide bonds. The van der Waals surface area contributed by atoms with Crippen molar-refractivity contribution < 1.29 is 14.2 Å². The van der Waals surface area contributed by atoms with Crippen LogP contribution >= 0.6 is 11.3 Å². The van der Waals surface area contributed by atoms with Crippen molar-refractivity contribution in [2.24, 2.45) is 0 Å². The van der Waals surface area contributed by atoms with Crippen LogP contribution in [0.3, 0.4) is 0 Å². The van der Waals surface area contributed by atoms with Gasteiger partial charge in [0.05, 0.1) is 10.6 Å². The van der Waals surface area contributed by atoms with Crippen LogP contribution in [-0.4, -0.2) is 21.7 Å². The Labute approximate surface area is 154 Å². The Morgan fingerprint density at radius 3 is 2.54 bits per heavy atom. The summed E-state index contributed by atoms with van der Waals surface area (Å²) in [6.07, 6.45) is 1.69. The van der Waals surface area contributed by atoms with Gasteiger partial charge in [0.1, 0.15) is 12.4 Å². The van der Waals surface area contributed by atoms with E-state index in [1.165, 1.54) is 0 Å². The molecular weight excluding hydrogens is 355 g/mol. The second-order valence-corrected chi connectivity index (χ2v) is 6.90. The van der Waals surface area contributed by atoms with Gasteiger partial charge in [-0.05, 0) is 35.7 Å². The lowest BCUT2D eigenvalue weighted by Gasteiger charge is -2.11. The van der Waals surface area contributed by atoms with Gasteiger partial charge in [0.15, 0.2) is 6.17 Å². The molecule has 136 valence electrons. The Balaban J connectivity index is 1.56. The maximum atomic E-state index is 14.2. The number of alkyl halides is 1. The maximum Gasteiger partial charge on any atom is 0.307 e. The second kappa shape index (κ2) is 8.14. The summed E-state index contributed by atoms with van der Waals surface area (Å²) in [5.41, 5.74) is 2.34. The summed E-state index contributed by atoms with van der Waals surface area (Å²) in [5.74, 6) is 0.454. The van der Waals surface area contributed by atoms with Gasteiger partial charge in [-0.3, -0.25) is 14.8 Å². The first kappa shape index (κ1) is 18.1. The minimum Gasteiger partial charge on any atom is -0.494 e. The standard InChI is InChI=1S/C19H19FN2O3S/c1-2-12-5-8-16(21-10-12)15(20)11-25-14-6-3-13(4-7-14)9-17-18(23)22-19(24)26-17/h3-8,10,15,23H,2,9,11H2,1H3,(H,22,24). The van der Waals surface area contributed by atoms with Crippen molar-refractivity contribution in [2.45, 2.75) is 25.9 Å². The number of hydrogen-bond acceptors (Lipinski definition) is 5. The number of nitrogens with one attached hydrogen (secondary N) is 1. The van der Waals surface area contributed by atoms with Crippen LogP contribution in [0.5, 0.6) is 11.6 Å². The summed E-state index contributed by atoms with van der Waals surface area (Å²) in [4.78, 5) is 18.0. The monoisotopic (exact) mass is 374 g/mol. The zero-order chi connectivity index (χ0) is 18.5. The Kier molecular flexibility index (Phi) is 5.68. The number of aryl methyl sites for hydroxylation is 1. The Morgan fingerprint density at radius 2 is 1.96 bits per heavy atom. The number of benzene rings is 1. The Bertz CT molecular complexity index is 904. The van der Waals surface area contributed by atoms with E-state index in [-0.39, 0.29) is 17.4 Å². The van der Waals surface area contributed by atoms with Crippen molar-refractivity contribution >= 4 is 11.3 Å². The molecule has 1 atom stereocenters. The van der Waals surface area contributed by atoms with Crippen LogP contribution in [0.25, 0.3) is 0 Å². The van der Waals surface area contributed by atoms with E-state index in [1.54, 1.807) is 24.4 Å². The van der Waals surface area contributed by atoms with Gasteiger partial charge in [-0.25, -0.2) is 4.39 Å². The third-order valence-electron chi connectivity index (χ3n) is 3.96. The van der Waals surface area contributed by atoms with Gasteiger partial charge in [-0.2, -0.15) is 0 Å². The van der Waals surface area contributed by atoms with Gasteiger partial charge in [0.2, 0.25) is 5.88 Å². The summed E-state index contributed by atoms with van der Waals surface area (Å²) in [5, 5.41) is 9.62. The fraction of sp³-hybridized carbons (Fsp3) is 0.263. The van der Waals surface area contributed by atoms with Crippen LogP contribution in [0.2, 0.25) is 0 Å². The van der Waals surface area contributed by atoms with E-state index in [2.05, 4.69) is 9.97 Å². The predicted octanol–water partition coefficient (Wildman–Crippen LogP) is 3.78. The number of pyridine rings is 1. The summed E-state index contributed by atoms with van der Waals surface area (Å²) in [6, 6.07) is 10.7. The second-order valence-electron chi connectivity index (χ2n) is 5.83. The highest BCUT2D eigenvalue weighted by molar-refractivity contribution is 7.09. The van der Waals surface area contributed by atoms with Crippen LogP contribution in [0.15, 0.2) is 47.4 Å². The molecule has 0 bridgehead atoms. The molecule has 0 saturated heterocycles. The summed E-state index contributed by atoms with van der Waals surface area (Å²) in [6.45, 7) is 1.91. The smallest absolute Gasteiger partial charge is 0.307 e. The van der Waals surface area contributed by atoms with Crippen LogP contribution in [0, 0.1) is 0 Å². The molecule has 3 rings (SSSR count). The largest absolute Gasteiger partial charge is 0.494 e. The van der Waals surface area contributed by atoms with E-state index in [4.69, 9.17) is 4.74 Å². The topological polar surface area (TPSA) is 75.2 Å².